The molecule has 0 aliphatic carbocycles. The minimum absolute atomic E-state index is 1.11. The van der Waals surface area contributed by atoms with Crippen molar-refractivity contribution in [2.45, 2.75) is 13.9 Å². The molecule has 0 heterocycles. The summed E-state index contributed by atoms with van der Waals surface area (Å²) in [7, 11) is -4.67. The second-order valence-electron chi connectivity index (χ2n) is 1.45. The Kier molecular flexibility index (Phi) is 11.1. The molecule has 0 radical (unpaired) electrons. The smallest absolute Gasteiger partial charge is 0.264 e. The van der Waals surface area contributed by atoms with Gasteiger partial charge >= 0.3 is 73.2 Å². The molecule has 0 aliphatic heterocycles. The molecule has 0 saturated carbocycles. The summed E-state index contributed by atoms with van der Waals surface area (Å²) < 4.78 is 33.1. The maximum absolute atomic E-state index is 8.74. The van der Waals surface area contributed by atoms with E-state index in [0.717, 1.165) is 49.0 Å². The molecule has 0 unspecified atom stereocenters. The average molecular weight is 180 g/mol. The second-order valence-corrected chi connectivity index (χ2v) is 3.91. The Morgan fingerprint density at radius 2 is 1.56 bits per heavy atom. The normalized spacial score (nSPS) is 9.89. The fourth-order valence-electron chi connectivity index (χ4n) is 0. The zero-order valence-corrected chi connectivity index (χ0v) is 9.47. The molecule has 0 amide bonds. The Labute approximate surface area is 89.2 Å². The van der Waals surface area contributed by atoms with Crippen molar-refractivity contribution in [1.82, 2.24) is 0 Å². The van der Waals surface area contributed by atoms with Gasteiger partial charge in [-0.15, -0.1) is 0 Å². The van der Waals surface area contributed by atoms with Gasteiger partial charge in [-0.3, -0.25) is 9.11 Å². The summed E-state index contributed by atoms with van der Waals surface area (Å²) >= 11 is 1.11. The molecule has 0 aromatic heterocycles. The van der Waals surface area contributed by atoms with Gasteiger partial charge in [0.15, 0.2) is 0 Å². The van der Waals surface area contributed by atoms with E-state index < -0.39 is 10.4 Å². The van der Waals surface area contributed by atoms with Crippen molar-refractivity contribution in [2.75, 3.05) is 0 Å². The minimum Gasteiger partial charge on any atom is -0.264 e. The zero-order chi connectivity index (χ0) is 7.91. The van der Waals surface area contributed by atoms with Crippen molar-refractivity contribution >= 4 is 59.4 Å². The van der Waals surface area contributed by atoms with Crippen LogP contribution in [0.25, 0.3) is 0 Å². The van der Waals surface area contributed by atoms with Crippen LogP contribution in [-0.2, 0) is 10.4 Å². The molecule has 2 N–H and O–H groups in total. The summed E-state index contributed by atoms with van der Waals surface area (Å²) in [6.45, 7) is 2.23. The maximum Gasteiger partial charge on any atom is 0.394 e. The predicted octanol–water partition coefficient (Wildman–Crippen LogP) is 0.330. The van der Waals surface area contributed by atoms with E-state index in [-0.39, 0.29) is 0 Å². The van der Waals surface area contributed by atoms with Crippen LogP contribution in [0.2, 0.25) is 0.515 Å². The Hall–Kier alpha value is 1.51. The van der Waals surface area contributed by atoms with Crippen molar-refractivity contribution < 1.29 is 17.5 Å². The van der Waals surface area contributed by atoms with E-state index in [4.69, 9.17) is 17.5 Å². The summed E-state index contributed by atoms with van der Waals surface area (Å²) in [5.74, 6) is 0. The molecule has 0 rings (SSSR count). The van der Waals surface area contributed by atoms with Crippen LogP contribution in [-0.4, -0.2) is 66.5 Å². The summed E-state index contributed by atoms with van der Waals surface area (Å²) in [4.78, 5) is 0. The first-order valence-corrected chi connectivity index (χ1v) is 6.22. The topological polar surface area (TPSA) is 74.6 Å². The molecule has 0 atom stereocenters. The standard InChI is InChI=1S/C3H7.K.H2O4S/c1-3-2;;1-5(2,3)4/h1,3H2,2H3;;(H2,1,2,3,4). The Balaban J connectivity index is 0. The van der Waals surface area contributed by atoms with Gasteiger partial charge in [0.05, 0.1) is 0 Å². The van der Waals surface area contributed by atoms with Gasteiger partial charge in [0, 0.05) is 0 Å². The van der Waals surface area contributed by atoms with Crippen LogP contribution in [0.4, 0.5) is 0 Å². The van der Waals surface area contributed by atoms with Gasteiger partial charge in [0.25, 0.3) is 0 Å². The largest absolute Gasteiger partial charge is 0.394 e. The molecule has 6 heteroatoms. The zero-order valence-electron chi connectivity index (χ0n) is 5.53. The number of rotatable bonds is 1. The fourth-order valence-corrected chi connectivity index (χ4v) is 0. The van der Waals surface area contributed by atoms with E-state index in [2.05, 4.69) is 6.92 Å². The molecule has 0 spiro atoms. The minimum atomic E-state index is -4.67. The quantitative estimate of drug-likeness (QED) is 0.450. The van der Waals surface area contributed by atoms with Gasteiger partial charge in [0.1, 0.15) is 0 Å². The molecular weight excluding hydrogens is 171 g/mol. The molecule has 0 aliphatic rings. The fraction of sp³-hybridized carbons (Fsp3) is 1.00. The van der Waals surface area contributed by atoms with E-state index in [1.165, 1.54) is 6.94 Å². The molecule has 4 nitrogen and oxygen atoms in total. The van der Waals surface area contributed by atoms with Crippen LogP contribution in [0, 0.1) is 0 Å². The Morgan fingerprint density at radius 3 is 1.56 bits per heavy atom. The molecule has 52 valence electrons. The Morgan fingerprint density at radius 1 is 1.44 bits per heavy atom. The van der Waals surface area contributed by atoms with Gasteiger partial charge in [-0.1, -0.05) is 0 Å². The van der Waals surface area contributed by atoms with E-state index in [9.17, 15) is 0 Å². The van der Waals surface area contributed by atoms with Gasteiger partial charge in [-0.2, -0.15) is 8.42 Å². The third-order valence-corrected chi connectivity index (χ3v) is 2.06. The molecule has 0 aromatic carbocycles. The summed E-state index contributed by atoms with van der Waals surface area (Å²) in [6, 6.07) is 0. The average Bonchev–Trinajstić information content (AvgIpc) is 1.61. The van der Waals surface area contributed by atoms with Crippen LogP contribution in [0.15, 0.2) is 0 Å². The molecule has 0 aromatic rings. The van der Waals surface area contributed by atoms with Crippen molar-refractivity contribution in [2.24, 2.45) is 0 Å². The van der Waals surface area contributed by atoms with E-state index in [1.807, 2.05) is 0 Å². The van der Waals surface area contributed by atoms with Crippen molar-refractivity contribution in [3.63, 3.8) is 0 Å². The summed E-state index contributed by atoms with van der Waals surface area (Å²) in [5, 5.41) is 0. The van der Waals surface area contributed by atoms with Crippen LogP contribution in [0.5, 0.6) is 0 Å². The second kappa shape index (κ2) is 7.61. The van der Waals surface area contributed by atoms with Crippen LogP contribution in [0.1, 0.15) is 13.3 Å². The first-order chi connectivity index (χ1) is 3.91. The monoisotopic (exact) mass is 180 g/mol. The molecule has 0 bridgehead atoms. The molecule has 9 heavy (non-hydrogen) atoms. The SMILES string of the molecule is CC[CH2][K].O=S(=O)(O)O. The Bertz CT molecular complexity index is 119. The van der Waals surface area contributed by atoms with E-state index in [1.54, 1.807) is 0 Å². The molecule has 0 fully saturated rings. The first-order valence-electron chi connectivity index (χ1n) is 2.61. The van der Waals surface area contributed by atoms with Crippen molar-refractivity contribution in [3.05, 3.63) is 0 Å². The van der Waals surface area contributed by atoms with Crippen LogP contribution >= 0.6 is 0 Å². The third-order valence-electron chi connectivity index (χ3n) is 0.500. The molecule has 0 saturated heterocycles. The summed E-state index contributed by atoms with van der Waals surface area (Å²) in [5.41, 5.74) is 0. The van der Waals surface area contributed by atoms with Crippen molar-refractivity contribution in [3.8, 4) is 0 Å². The van der Waals surface area contributed by atoms with E-state index >= 15 is 0 Å². The maximum atomic E-state index is 8.74. The van der Waals surface area contributed by atoms with Crippen molar-refractivity contribution in [1.29, 1.82) is 0 Å². The van der Waals surface area contributed by atoms with Gasteiger partial charge in [-0.25, -0.2) is 0 Å². The van der Waals surface area contributed by atoms with E-state index in [0.29, 0.717) is 0 Å². The van der Waals surface area contributed by atoms with Gasteiger partial charge < -0.3 is 0 Å². The van der Waals surface area contributed by atoms with Gasteiger partial charge in [0.2, 0.25) is 0 Å². The van der Waals surface area contributed by atoms with Gasteiger partial charge in [-0.05, 0) is 0 Å². The number of hydrogen-bond acceptors (Lipinski definition) is 2. The summed E-state index contributed by atoms with van der Waals surface area (Å²) in [6.07, 6.45) is 1.40. The van der Waals surface area contributed by atoms with Crippen LogP contribution in [0.3, 0.4) is 0 Å². The first kappa shape index (κ1) is 13.1. The third kappa shape index (κ3) is 85.3. The predicted molar refractivity (Wildman–Crippen MR) is 35.0 cm³/mol. The van der Waals surface area contributed by atoms with Crippen LogP contribution < -0.4 is 0 Å². The number of hydrogen-bond donors (Lipinski definition) is 2. The molecular formula is C3H9KO4S.